The Hall–Kier alpha value is -2.58. The summed E-state index contributed by atoms with van der Waals surface area (Å²) in [6.07, 6.45) is 0.654. The molecule has 0 aromatic heterocycles. The first-order chi connectivity index (χ1) is 12.4. The van der Waals surface area contributed by atoms with Gasteiger partial charge in [-0.25, -0.2) is 0 Å². The van der Waals surface area contributed by atoms with Crippen LogP contribution < -0.4 is 11.1 Å². The highest BCUT2D eigenvalue weighted by Crippen LogP contribution is 2.29. The number of amides is 2. The molecule has 0 saturated heterocycles. The molecule has 0 spiro atoms. The summed E-state index contributed by atoms with van der Waals surface area (Å²) in [5.41, 5.74) is 5.97. The number of carbonyl (C=O) groups is 2. The molecule has 0 radical (unpaired) electrons. The Morgan fingerprint density at radius 3 is 2.50 bits per heavy atom. The van der Waals surface area contributed by atoms with E-state index in [9.17, 15) is 19.7 Å². The Morgan fingerprint density at radius 1 is 1.19 bits per heavy atom. The molecule has 0 atom stereocenters. The van der Waals surface area contributed by atoms with Crippen molar-refractivity contribution >= 4 is 40.9 Å². The van der Waals surface area contributed by atoms with Crippen LogP contribution in [-0.4, -0.2) is 29.0 Å². The van der Waals surface area contributed by atoms with Crippen LogP contribution in [0.2, 0.25) is 5.02 Å². The lowest BCUT2D eigenvalue weighted by molar-refractivity contribution is -0.387. The van der Waals surface area contributed by atoms with E-state index < -0.39 is 10.8 Å². The molecular weight excluding hydrogens is 378 g/mol. The van der Waals surface area contributed by atoms with Crippen LogP contribution in [0.25, 0.3) is 0 Å². The van der Waals surface area contributed by atoms with E-state index in [4.69, 9.17) is 17.3 Å². The summed E-state index contributed by atoms with van der Waals surface area (Å²) in [6, 6.07) is 11.3. The molecule has 0 bridgehead atoms. The van der Waals surface area contributed by atoms with Gasteiger partial charge in [-0.1, -0.05) is 23.7 Å². The number of thioether (sulfide) groups is 1. The van der Waals surface area contributed by atoms with Gasteiger partial charge >= 0.3 is 0 Å². The van der Waals surface area contributed by atoms with Gasteiger partial charge < -0.3 is 11.1 Å². The average molecular weight is 394 g/mol. The van der Waals surface area contributed by atoms with Gasteiger partial charge in [0.15, 0.2) is 0 Å². The number of hydrogen-bond acceptors (Lipinski definition) is 5. The van der Waals surface area contributed by atoms with Crippen LogP contribution in [0.5, 0.6) is 0 Å². The summed E-state index contributed by atoms with van der Waals surface area (Å²) in [5, 5.41) is 14.5. The Balaban J connectivity index is 1.87. The Morgan fingerprint density at radius 2 is 1.88 bits per heavy atom. The minimum Gasteiger partial charge on any atom is -0.366 e. The van der Waals surface area contributed by atoms with Crippen molar-refractivity contribution in [1.29, 1.82) is 0 Å². The molecule has 7 nitrogen and oxygen atoms in total. The maximum atomic E-state index is 11.9. The van der Waals surface area contributed by atoms with E-state index >= 15 is 0 Å². The van der Waals surface area contributed by atoms with Crippen LogP contribution in [0, 0.1) is 10.1 Å². The number of rotatable bonds is 8. The fraction of sp³-hybridized carbons (Fsp3) is 0.176. The molecule has 0 aliphatic carbocycles. The number of benzene rings is 2. The van der Waals surface area contributed by atoms with Crippen molar-refractivity contribution in [3.63, 3.8) is 0 Å². The summed E-state index contributed by atoms with van der Waals surface area (Å²) in [7, 11) is 0. The predicted octanol–water partition coefficient (Wildman–Crippen LogP) is 2.80. The van der Waals surface area contributed by atoms with E-state index in [1.807, 2.05) is 12.1 Å². The quantitative estimate of drug-likeness (QED) is 0.406. The maximum absolute atomic E-state index is 11.9. The smallest absolute Gasteiger partial charge is 0.283 e. The number of nitro benzene ring substituents is 1. The number of primary amides is 1. The van der Waals surface area contributed by atoms with E-state index in [2.05, 4.69) is 5.32 Å². The van der Waals surface area contributed by atoms with Crippen LogP contribution in [0.15, 0.2) is 47.4 Å². The number of hydrogen-bond donors (Lipinski definition) is 2. The molecule has 0 aliphatic rings. The van der Waals surface area contributed by atoms with Crippen molar-refractivity contribution in [2.24, 2.45) is 5.73 Å². The van der Waals surface area contributed by atoms with Crippen molar-refractivity contribution in [1.82, 2.24) is 5.32 Å². The second-order valence-corrected chi connectivity index (χ2v) is 6.77. The van der Waals surface area contributed by atoms with E-state index in [1.165, 1.54) is 12.1 Å². The summed E-state index contributed by atoms with van der Waals surface area (Å²) in [4.78, 5) is 33.9. The van der Waals surface area contributed by atoms with Crippen LogP contribution in [0.3, 0.4) is 0 Å². The van der Waals surface area contributed by atoms with Crippen LogP contribution in [-0.2, 0) is 11.2 Å². The molecule has 0 aliphatic heterocycles. The Bertz CT molecular complexity index is 827. The van der Waals surface area contributed by atoms with Crippen molar-refractivity contribution < 1.29 is 14.5 Å². The lowest BCUT2D eigenvalue weighted by atomic mass is 10.1. The largest absolute Gasteiger partial charge is 0.366 e. The summed E-state index contributed by atoms with van der Waals surface area (Å²) >= 11 is 6.84. The van der Waals surface area contributed by atoms with Crippen molar-refractivity contribution in [2.75, 3.05) is 12.3 Å². The van der Waals surface area contributed by atoms with Gasteiger partial charge in [-0.15, -0.1) is 11.8 Å². The fourth-order valence-corrected chi connectivity index (χ4v) is 3.09. The molecule has 2 amide bonds. The number of halogens is 1. The van der Waals surface area contributed by atoms with Crippen LogP contribution in [0.4, 0.5) is 5.69 Å². The van der Waals surface area contributed by atoms with Crippen molar-refractivity contribution in [3.05, 3.63) is 68.7 Å². The first kappa shape index (κ1) is 19.7. The third-order valence-electron chi connectivity index (χ3n) is 3.45. The fourth-order valence-electron chi connectivity index (χ4n) is 2.13. The van der Waals surface area contributed by atoms with Gasteiger partial charge in [0.25, 0.3) is 5.69 Å². The zero-order valence-corrected chi connectivity index (χ0v) is 15.2. The first-order valence-electron chi connectivity index (χ1n) is 7.59. The van der Waals surface area contributed by atoms with Crippen molar-refractivity contribution in [3.8, 4) is 0 Å². The third-order valence-corrected chi connectivity index (χ3v) is 4.76. The molecular formula is C17H16ClN3O4S. The molecule has 0 fully saturated rings. The second kappa shape index (κ2) is 9.21. The first-order valence-corrected chi connectivity index (χ1v) is 8.95. The standard InChI is InChI=1S/C17H16ClN3O4S/c18-13-4-1-11(2-5-13)7-8-20-16(22)10-26-15-6-3-12(17(19)23)9-14(15)21(24)25/h1-6,9H,7-8,10H2,(H2,19,23)(H,20,22). The normalized spacial score (nSPS) is 10.3. The number of nitrogens with one attached hydrogen (secondary N) is 1. The second-order valence-electron chi connectivity index (χ2n) is 5.32. The van der Waals surface area contributed by atoms with Gasteiger partial charge in [0.2, 0.25) is 11.8 Å². The van der Waals surface area contributed by atoms with Crippen LogP contribution >= 0.6 is 23.4 Å². The van der Waals surface area contributed by atoms with Gasteiger partial charge in [0.05, 0.1) is 15.6 Å². The molecule has 0 unspecified atom stereocenters. The predicted molar refractivity (Wildman–Crippen MR) is 101 cm³/mol. The van der Waals surface area contributed by atoms with Gasteiger partial charge in [0.1, 0.15) is 0 Å². The molecule has 136 valence electrons. The monoisotopic (exact) mass is 393 g/mol. The summed E-state index contributed by atoms with van der Waals surface area (Å²) in [5.74, 6) is -0.959. The maximum Gasteiger partial charge on any atom is 0.283 e. The number of nitro groups is 1. The minimum atomic E-state index is -0.746. The molecule has 0 heterocycles. The lowest BCUT2D eigenvalue weighted by Crippen LogP contribution is -2.27. The average Bonchev–Trinajstić information content (AvgIpc) is 2.61. The summed E-state index contributed by atoms with van der Waals surface area (Å²) in [6.45, 7) is 0.448. The lowest BCUT2D eigenvalue weighted by Gasteiger charge is -2.07. The molecule has 2 aromatic carbocycles. The molecule has 2 rings (SSSR count). The highest BCUT2D eigenvalue weighted by atomic mass is 35.5. The minimum absolute atomic E-state index is 0.0252. The highest BCUT2D eigenvalue weighted by Gasteiger charge is 2.17. The highest BCUT2D eigenvalue weighted by molar-refractivity contribution is 8.00. The van der Waals surface area contributed by atoms with Crippen LogP contribution in [0.1, 0.15) is 15.9 Å². The molecule has 0 saturated carbocycles. The zero-order valence-electron chi connectivity index (χ0n) is 13.6. The summed E-state index contributed by atoms with van der Waals surface area (Å²) < 4.78 is 0. The molecule has 3 N–H and O–H groups in total. The molecule has 2 aromatic rings. The Kier molecular flexibility index (Phi) is 6.99. The Labute approximate surface area is 159 Å². The van der Waals surface area contributed by atoms with Gasteiger partial charge in [-0.3, -0.25) is 19.7 Å². The van der Waals surface area contributed by atoms with E-state index in [0.29, 0.717) is 22.9 Å². The zero-order chi connectivity index (χ0) is 19.1. The SMILES string of the molecule is NC(=O)c1ccc(SCC(=O)NCCc2ccc(Cl)cc2)c([N+](=O)[O-])c1. The van der Waals surface area contributed by atoms with Crippen molar-refractivity contribution in [2.45, 2.75) is 11.3 Å². The van der Waals surface area contributed by atoms with Gasteiger partial charge in [0, 0.05) is 23.2 Å². The molecule has 9 heteroatoms. The van der Waals surface area contributed by atoms with Gasteiger partial charge in [-0.05, 0) is 36.2 Å². The van der Waals surface area contributed by atoms with E-state index in [1.54, 1.807) is 12.1 Å². The number of carbonyl (C=O) groups excluding carboxylic acids is 2. The number of nitrogens with two attached hydrogens (primary N) is 1. The topological polar surface area (TPSA) is 115 Å². The van der Waals surface area contributed by atoms with Gasteiger partial charge in [-0.2, -0.15) is 0 Å². The number of nitrogens with zero attached hydrogens (tertiary/aromatic N) is 1. The van der Waals surface area contributed by atoms with E-state index in [-0.39, 0.29) is 22.9 Å². The third kappa shape index (κ3) is 5.75. The molecule has 26 heavy (non-hydrogen) atoms. The van der Waals surface area contributed by atoms with E-state index in [0.717, 1.165) is 23.4 Å².